The molecule has 0 radical (unpaired) electrons. The van der Waals surface area contributed by atoms with Crippen LogP contribution in [0, 0.1) is 19.8 Å². The second-order valence-electron chi connectivity index (χ2n) is 8.68. The number of amides is 1. The van der Waals surface area contributed by atoms with E-state index in [-0.39, 0.29) is 11.8 Å². The fourth-order valence-electron chi connectivity index (χ4n) is 4.61. The first-order valence-electron chi connectivity index (χ1n) is 11.4. The number of aromatic nitrogens is 2. The first-order valence-corrected chi connectivity index (χ1v) is 12.2. The molecule has 1 fully saturated rings. The fourth-order valence-corrected chi connectivity index (χ4v) is 5.60. The number of hydrogen-bond donors (Lipinski definition) is 0. The summed E-state index contributed by atoms with van der Waals surface area (Å²) in [6.45, 7) is 6.99. The minimum atomic E-state index is 0.00237. The largest absolute Gasteiger partial charge is 0.467 e. The van der Waals surface area contributed by atoms with E-state index in [1.54, 1.807) is 23.9 Å². The molecule has 7 heteroatoms. The molecule has 6 nitrogen and oxygen atoms in total. The van der Waals surface area contributed by atoms with Crippen molar-refractivity contribution in [2.45, 2.75) is 39.8 Å². The van der Waals surface area contributed by atoms with E-state index >= 15 is 0 Å². The normalized spacial score (nSPS) is 14.7. The predicted octanol–water partition coefficient (Wildman–Crippen LogP) is 5.35. The van der Waals surface area contributed by atoms with Crippen molar-refractivity contribution in [3.63, 3.8) is 0 Å². The van der Waals surface area contributed by atoms with Gasteiger partial charge in [0.05, 0.1) is 18.2 Å². The van der Waals surface area contributed by atoms with Crippen molar-refractivity contribution in [1.29, 1.82) is 0 Å². The summed E-state index contributed by atoms with van der Waals surface area (Å²) in [5.41, 5.74) is 2.39. The molecule has 1 aliphatic rings. The summed E-state index contributed by atoms with van der Waals surface area (Å²) < 4.78 is 5.55. The monoisotopic (exact) mass is 460 g/mol. The number of furan rings is 1. The molecule has 1 amide bonds. The van der Waals surface area contributed by atoms with E-state index in [2.05, 4.69) is 40.8 Å². The lowest BCUT2D eigenvalue weighted by molar-refractivity contribution is -0.137. The van der Waals surface area contributed by atoms with Gasteiger partial charge in [-0.05, 0) is 49.9 Å². The second kappa shape index (κ2) is 9.35. The minimum absolute atomic E-state index is 0.00237. The number of rotatable bonds is 6. The molecule has 4 heterocycles. The van der Waals surface area contributed by atoms with Gasteiger partial charge in [0, 0.05) is 30.4 Å². The molecule has 0 bridgehead atoms. The third-order valence-electron chi connectivity index (χ3n) is 6.54. The Balaban J connectivity index is 1.31. The van der Waals surface area contributed by atoms with Crippen molar-refractivity contribution >= 4 is 33.3 Å². The van der Waals surface area contributed by atoms with Gasteiger partial charge in [-0.3, -0.25) is 4.79 Å². The highest BCUT2D eigenvalue weighted by Gasteiger charge is 2.30. The van der Waals surface area contributed by atoms with Gasteiger partial charge >= 0.3 is 0 Å². The quantitative estimate of drug-likeness (QED) is 0.388. The first-order chi connectivity index (χ1) is 16.1. The Labute approximate surface area is 197 Å². The summed E-state index contributed by atoms with van der Waals surface area (Å²) in [7, 11) is 0. The van der Waals surface area contributed by atoms with Crippen LogP contribution >= 0.6 is 11.3 Å². The molecule has 170 valence electrons. The Morgan fingerprint density at radius 3 is 2.61 bits per heavy atom. The lowest BCUT2D eigenvalue weighted by Crippen LogP contribution is -2.42. The number of nitrogens with zero attached hydrogens (tertiary/aromatic N) is 4. The van der Waals surface area contributed by atoms with Crippen molar-refractivity contribution in [3.05, 3.63) is 76.8 Å². The summed E-state index contributed by atoms with van der Waals surface area (Å²) in [5, 5.41) is 1.16. The molecule has 1 saturated heterocycles. The predicted molar refractivity (Wildman–Crippen MR) is 131 cm³/mol. The SMILES string of the molecule is Cc1sc2ncnc(N3CCC(C(=O)N(Cc4ccccc4)Cc4ccco4)CC3)c2c1C. The van der Waals surface area contributed by atoms with Crippen LogP contribution in [0.3, 0.4) is 0 Å². The maximum atomic E-state index is 13.6. The molecule has 1 aliphatic heterocycles. The lowest BCUT2D eigenvalue weighted by atomic mass is 9.94. The number of fused-ring (bicyclic) bond motifs is 1. The molecule has 1 aromatic carbocycles. The zero-order valence-corrected chi connectivity index (χ0v) is 19.8. The number of carbonyl (C=O) groups excluding carboxylic acids is 1. The Bertz CT molecular complexity index is 1230. The third-order valence-corrected chi connectivity index (χ3v) is 7.66. The van der Waals surface area contributed by atoms with E-state index < -0.39 is 0 Å². The average Bonchev–Trinajstić information content (AvgIpc) is 3.46. The molecule has 0 atom stereocenters. The summed E-state index contributed by atoms with van der Waals surface area (Å²) in [4.78, 5) is 29.3. The maximum Gasteiger partial charge on any atom is 0.226 e. The Kier molecular flexibility index (Phi) is 6.13. The van der Waals surface area contributed by atoms with E-state index in [1.807, 2.05) is 35.2 Å². The highest BCUT2D eigenvalue weighted by atomic mass is 32.1. The van der Waals surface area contributed by atoms with Crippen LogP contribution < -0.4 is 4.90 Å². The van der Waals surface area contributed by atoms with E-state index in [1.165, 1.54) is 10.4 Å². The van der Waals surface area contributed by atoms with Crippen LogP contribution in [-0.2, 0) is 17.9 Å². The smallest absolute Gasteiger partial charge is 0.226 e. The average molecular weight is 461 g/mol. The van der Waals surface area contributed by atoms with E-state index in [9.17, 15) is 4.79 Å². The Morgan fingerprint density at radius 1 is 1.09 bits per heavy atom. The highest BCUT2D eigenvalue weighted by molar-refractivity contribution is 7.18. The minimum Gasteiger partial charge on any atom is -0.467 e. The van der Waals surface area contributed by atoms with E-state index in [4.69, 9.17) is 4.42 Å². The van der Waals surface area contributed by atoms with Gasteiger partial charge in [-0.15, -0.1) is 11.3 Å². The number of hydrogen-bond acceptors (Lipinski definition) is 6. The summed E-state index contributed by atoms with van der Waals surface area (Å²) in [5.74, 6) is 2.01. The van der Waals surface area contributed by atoms with Crippen molar-refractivity contribution < 1.29 is 9.21 Å². The molecule has 0 saturated carbocycles. The molecule has 4 aromatic rings. The molecular weight excluding hydrogens is 432 g/mol. The van der Waals surface area contributed by atoms with Crippen molar-refractivity contribution in [3.8, 4) is 0 Å². The van der Waals surface area contributed by atoms with Gasteiger partial charge in [-0.2, -0.15) is 0 Å². The number of benzene rings is 1. The Hall–Kier alpha value is -3.19. The van der Waals surface area contributed by atoms with Gasteiger partial charge in [0.15, 0.2) is 0 Å². The molecule has 0 aliphatic carbocycles. The van der Waals surface area contributed by atoms with Gasteiger partial charge in [-0.1, -0.05) is 30.3 Å². The van der Waals surface area contributed by atoms with Crippen LogP contribution in [0.4, 0.5) is 5.82 Å². The second-order valence-corrected chi connectivity index (χ2v) is 9.88. The lowest BCUT2D eigenvalue weighted by Gasteiger charge is -2.35. The van der Waals surface area contributed by atoms with Crippen LogP contribution in [-0.4, -0.2) is 33.9 Å². The van der Waals surface area contributed by atoms with E-state index in [0.717, 1.165) is 53.3 Å². The number of aryl methyl sites for hydroxylation is 2. The van der Waals surface area contributed by atoms with Crippen LogP contribution in [0.1, 0.15) is 34.6 Å². The number of thiophene rings is 1. The standard InChI is InChI=1S/C26H28N4O2S/c1-18-19(2)33-25-23(18)24(27-17-28-25)29-12-10-21(11-13-29)26(31)30(16-22-9-6-14-32-22)15-20-7-4-3-5-8-20/h3-9,14,17,21H,10-13,15-16H2,1-2H3. The van der Waals surface area contributed by atoms with Gasteiger partial charge in [0.1, 0.15) is 22.7 Å². The topological polar surface area (TPSA) is 62.5 Å². The van der Waals surface area contributed by atoms with Crippen LogP contribution in [0.5, 0.6) is 0 Å². The van der Waals surface area contributed by atoms with Crippen LogP contribution in [0.15, 0.2) is 59.5 Å². The molecule has 0 N–H and O–H groups in total. The molecule has 0 unspecified atom stereocenters. The molecule has 33 heavy (non-hydrogen) atoms. The zero-order valence-electron chi connectivity index (χ0n) is 19.0. The van der Waals surface area contributed by atoms with E-state index in [0.29, 0.717) is 13.1 Å². The van der Waals surface area contributed by atoms with Gasteiger partial charge in [-0.25, -0.2) is 9.97 Å². The first kappa shape index (κ1) is 21.6. The molecule has 0 spiro atoms. The number of carbonyl (C=O) groups is 1. The maximum absolute atomic E-state index is 13.6. The van der Waals surface area contributed by atoms with Crippen molar-refractivity contribution in [2.24, 2.45) is 5.92 Å². The van der Waals surface area contributed by atoms with Gasteiger partial charge in [0.25, 0.3) is 0 Å². The fraction of sp³-hybridized carbons (Fsp3) is 0.346. The summed E-state index contributed by atoms with van der Waals surface area (Å²) in [6, 6.07) is 14.0. The molecule has 3 aromatic heterocycles. The zero-order chi connectivity index (χ0) is 22.8. The summed E-state index contributed by atoms with van der Waals surface area (Å²) in [6.07, 6.45) is 4.96. The molecule has 5 rings (SSSR count). The van der Waals surface area contributed by atoms with Crippen LogP contribution in [0.25, 0.3) is 10.2 Å². The highest BCUT2D eigenvalue weighted by Crippen LogP contribution is 2.36. The van der Waals surface area contributed by atoms with Crippen molar-refractivity contribution in [2.75, 3.05) is 18.0 Å². The van der Waals surface area contributed by atoms with Gasteiger partial charge in [0.2, 0.25) is 5.91 Å². The van der Waals surface area contributed by atoms with Crippen molar-refractivity contribution in [1.82, 2.24) is 14.9 Å². The number of piperidine rings is 1. The number of anilines is 1. The third kappa shape index (κ3) is 4.50. The van der Waals surface area contributed by atoms with Gasteiger partial charge < -0.3 is 14.2 Å². The Morgan fingerprint density at radius 2 is 1.88 bits per heavy atom. The van der Waals surface area contributed by atoms with Crippen LogP contribution in [0.2, 0.25) is 0 Å². The summed E-state index contributed by atoms with van der Waals surface area (Å²) >= 11 is 1.72. The molecular formula is C26H28N4O2S.